The van der Waals surface area contributed by atoms with Crippen molar-refractivity contribution in [2.45, 2.75) is 12.6 Å². The number of nitrogens with one attached hydrogen (secondary N) is 2. The minimum atomic E-state index is -3.93. The lowest BCUT2D eigenvalue weighted by Crippen LogP contribution is -2.44. The molecule has 0 fully saturated rings. The van der Waals surface area contributed by atoms with Gasteiger partial charge in [-0.1, -0.05) is 12.1 Å². The number of halogens is 1. The molecule has 2 aromatic carbocycles. The number of carbonyl (C=O) groups is 2. The van der Waals surface area contributed by atoms with Gasteiger partial charge in [0.15, 0.2) is 5.82 Å². The van der Waals surface area contributed by atoms with Gasteiger partial charge in [-0.3, -0.25) is 9.62 Å². The number of hydrogen-bond donors (Lipinski definition) is 2. The molecule has 2 amide bonds. The van der Waals surface area contributed by atoms with Gasteiger partial charge in [-0.15, -0.1) is 0 Å². The molecule has 1 aliphatic rings. The van der Waals surface area contributed by atoms with Crippen molar-refractivity contribution in [2.75, 3.05) is 46.5 Å². The van der Waals surface area contributed by atoms with Crippen LogP contribution in [0.3, 0.4) is 0 Å². The van der Waals surface area contributed by atoms with Crippen molar-refractivity contribution in [3.63, 3.8) is 0 Å². The Morgan fingerprint density at radius 1 is 1.20 bits per heavy atom. The van der Waals surface area contributed by atoms with E-state index < -0.39 is 34.3 Å². The molecule has 11 nitrogen and oxygen atoms in total. The van der Waals surface area contributed by atoms with Crippen LogP contribution in [0.1, 0.15) is 17.2 Å². The normalized spacial score (nSPS) is 15.5. The SMILES string of the molecule is CNS(=O)(=O)Nc1cccc(CN2C(=O)Oc3cc(OC(=O)N(C)C)ccc3[C@H]2CN(C)C)c1F. The number of fused-ring (bicyclic) bond motifs is 1. The second-order valence-electron chi connectivity index (χ2n) is 8.32. The Balaban J connectivity index is 1.94. The van der Waals surface area contributed by atoms with Gasteiger partial charge in [0.1, 0.15) is 11.5 Å². The van der Waals surface area contributed by atoms with E-state index in [1.54, 1.807) is 26.2 Å². The van der Waals surface area contributed by atoms with Crippen molar-refractivity contribution >= 4 is 28.1 Å². The summed E-state index contributed by atoms with van der Waals surface area (Å²) in [6.07, 6.45) is -1.30. The first-order chi connectivity index (χ1) is 16.4. The lowest BCUT2D eigenvalue weighted by molar-refractivity contribution is 0.100. The number of amides is 2. The van der Waals surface area contributed by atoms with E-state index in [0.29, 0.717) is 12.1 Å². The van der Waals surface area contributed by atoms with Crippen LogP contribution in [0.25, 0.3) is 0 Å². The molecule has 0 bridgehead atoms. The quantitative estimate of drug-likeness (QED) is 0.561. The molecule has 0 aromatic heterocycles. The summed E-state index contributed by atoms with van der Waals surface area (Å²) in [7, 11) is 4.02. The zero-order valence-electron chi connectivity index (χ0n) is 20.0. The molecule has 0 unspecified atom stereocenters. The van der Waals surface area contributed by atoms with Crippen LogP contribution in [0.2, 0.25) is 0 Å². The molecule has 1 aliphatic heterocycles. The van der Waals surface area contributed by atoms with Crippen molar-refractivity contribution in [2.24, 2.45) is 0 Å². The van der Waals surface area contributed by atoms with Crippen LogP contribution in [0.4, 0.5) is 19.7 Å². The molecule has 1 heterocycles. The van der Waals surface area contributed by atoms with Gasteiger partial charge in [0.25, 0.3) is 10.2 Å². The van der Waals surface area contributed by atoms with E-state index in [0.717, 1.165) is 0 Å². The molecule has 190 valence electrons. The van der Waals surface area contributed by atoms with Gasteiger partial charge in [0.2, 0.25) is 0 Å². The summed E-state index contributed by atoms with van der Waals surface area (Å²) in [5, 5.41) is 0. The third-order valence-corrected chi connectivity index (χ3v) is 6.22. The van der Waals surface area contributed by atoms with Crippen LogP contribution in [-0.4, -0.2) is 77.1 Å². The molecule has 35 heavy (non-hydrogen) atoms. The van der Waals surface area contributed by atoms with Crippen LogP contribution in [0.5, 0.6) is 11.5 Å². The molecule has 3 rings (SSSR count). The van der Waals surface area contributed by atoms with E-state index in [4.69, 9.17) is 9.47 Å². The minimum Gasteiger partial charge on any atom is -0.410 e. The topological polar surface area (TPSA) is 121 Å². The molecule has 0 aliphatic carbocycles. The van der Waals surface area contributed by atoms with E-state index in [1.165, 1.54) is 41.1 Å². The van der Waals surface area contributed by atoms with Gasteiger partial charge in [0.05, 0.1) is 18.3 Å². The number of carbonyl (C=O) groups excluding carboxylic acids is 2. The molecular formula is C22H28FN5O6S. The number of likely N-dealkylation sites (N-methyl/N-ethyl adjacent to an activating group) is 1. The van der Waals surface area contributed by atoms with Crippen LogP contribution in [0, 0.1) is 5.82 Å². The van der Waals surface area contributed by atoms with Gasteiger partial charge >= 0.3 is 12.2 Å². The fourth-order valence-electron chi connectivity index (χ4n) is 3.46. The van der Waals surface area contributed by atoms with Gasteiger partial charge in [-0.2, -0.15) is 8.42 Å². The van der Waals surface area contributed by atoms with Crippen molar-refractivity contribution in [3.05, 3.63) is 53.3 Å². The van der Waals surface area contributed by atoms with Crippen molar-refractivity contribution in [1.82, 2.24) is 19.4 Å². The molecule has 0 saturated carbocycles. The van der Waals surface area contributed by atoms with Crippen LogP contribution >= 0.6 is 0 Å². The smallest absolute Gasteiger partial charge is 0.410 e. The van der Waals surface area contributed by atoms with Crippen LogP contribution < -0.4 is 18.9 Å². The highest BCUT2D eigenvalue weighted by atomic mass is 32.2. The predicted molar refractivity (Wildman–Crippen MR) is 127 cm³/mol. The zero-order chi connectivity index (χ0) is 25.9. The van der Waals surface area contributed by atoms with Gasteiger partial charge in [-0.25, -0.2) is 18.7 Å². The summed E-state index contributed by atoms with van der Waals surface area (Å²) in [6, 6.07) is 8.46. The highest BCUT2D eigenvalue weighted by Crippen LogP contribution is 2.39. The van der Waals surface area contributed by atoms with Crippen LogP contribution in [0.15, 0.2) is 36.4 Å². The van der Waals surface area contributed by atoms with Gasteiger partial charge in [-0.05, 0) is 32.3 Å². The van der Waals surface area contributed by atoms with Crippen LogP contribution in [-0.2, 0) is 16.8 Å². The Kier molecular flexibility index (Phi) is 7.83. The molecule has 2 N–H and O–H groups in total. The van der Waals surface area contributed by atoms with Crippen molar-refractivity contribution < 1.29 is 31.9 Å². The molecule has 1 atom stereocenters. The van der Waals surface area contributed by atoms with Crippen molar-refractivity contribution in [3.8, 4) is 11.5 Å². The fourth-order valence-corrected chi connectivity index (χ4v) is 4.01. The Bertz CT molecular complexity index is 1220. The Morgan fingerprint density at radius 3 is 2.54 bits per heavy atom. The second kappa shape index (κ2) is 10.5. The third kappa shape index (κ3) is 6.18. The fraction of sp³-hybridized carbons (Fsp3) is 0.364. The summed E-state index contributed by atoms with van der Waals surface area (Å²) in [5.41, 5.74) is 0.497. The Labute approximate surface area is 203 Å². The van der Waals surface area contributed by atoms with E-state index in [2.05, 4.69) is 9.44 Å². The number of benzene rings is 2. The Hall–Kier alpha value is -3.42. The molecule has 0 saturated heterocycles. The summed E-state index contributed by atoms with van der Waals surface area (Å²) in [5.74, 6) is -0.361. The molecule has 2 aromatic rings. The Morgan fingerprint density at radius 2 is 1.91 bits per heavy atom. The molecule has 0 radical (unpaired) electrons. The predicted octanol–water partition coefficient (Wildman–Crippen LogP) is 2.38. The highest BCUT2D eigenvalue weighted by Gasteiger charge is 2.36. The van der Waals surface area contributed by atoms with E-state index in [1.807, 2.05) is 19.0 Å². The van der Waals surface area contributed by atoms with E-state index in [-0.39, 0.29) is 29.3 Å². The lowest BCUT2D eigenvalue weighted by Gasteiger charge is -2.37. The van der Waals surface area contributed by atoms with Crippen molar-refractivity contribution in [1.29, 1.82) is 0 Å². The first-order valence-electron chi connectivity index (χ1n) is 10.6. The van der Waals surface area contributed by atoms with E-state index in [9.17, 15) is 18.0 Å². The lowest BCUT2D eigenvalue weighted by atomic mass is 10.0. The average molecular weight is 510 g/mol. The third-order valence-electron chi connectivity index (χ3n) is 5.19. The van der Waals surface area contributed by atoms with Gasteiger partial charge in [0, 0.05) is 44.9 Å². The zero-order valence-corrected chi connectivity index (χ0v) is 20.8. The average Bonchev–Trinajstić information content (AvgIpc) is 2.77. The standard InChI is InChI=1S/C22H28FN5O6S/c1-24-35(31,32)25-17-8-6-7-14(20(17)23)12-28-18(13-26(2)3)16-10-9-15(33-21(29)27(4)5)11-19(16)34-22(28)30/h6-11,18,24-25H,12-13H2,1-5H3/t18-/m1/s1. The summed E-state index contributed by atoms with van der Waals surface area (Å²) < 4.78 is 53.7. The number of rotatable bonds is 8. The number of ether oxygens (including phenoxy) is 2. The molecule has 0 spiro atoms. The number of nitrogens with zero attached hydrogens (tertiary/aromatic N) is 3. The van der Waals surface area contributed by atoms with Gasteiger partial charge < -0.3 is 19.3 Å². The van der Waals surface area contributed by atoms with E-state index >= 15 is 4.39 Å². The highest BCUT2D eigenvalue weighted by molar-refractivity contribution is 7.90. The first kappa shape index (κ1) is 26.2. The maximum Gasteiger partial charge on any atom is 0.416 e. The first-order valence-corrected chi connectivity index (χ1v) is 12.0. The molecule has 13 heteroatoms. The monoisotopic (exact) mass is 509 g/mol. The summed E-state index contributed by atoms with van der Waals surface area (Å²) in [4.78, 5) is 29.4. The maximum atomic E-state index is 15.2. The largest absolute Gasteiger partial charge is 0.416 e. The summed E-state index contributed by atoms with van der Waals surface area (Å²) >= 11 is 0. The second-order valence-corrected chi connectivity index (χ2v) is 9.94. The number of hydrogen-bond acceptors (Lipinski definition) is 7. The molecular weight excluding hydrogens is 481 g/mol. The number of anilines is 1. The maximum absolute atomic E-state index is 15.2. The minimum absolute atomic E-state index is 0.0991. The summed E-state index contributed by atoms with van der Waals surface area (Å²) in [6.45, 7) is 0.224.